The molecular weight excluding hydrogens is 190 g/mol. The first-order valence-electron chi connectivity index (χ1n) is 5.97. The summed E-state index contributed by atoms with van der Waals surface area (Å²) in [6.07, 6.45) is 3.94. The smallest absolute Gasteiger partial charge is 0.306 e. The van der Waals surface area contributed by atoms with Crippen molar-refractivity contribution in [2.75, 3.05) is 13.2 Å². The molecule has 3 heteroatoms. The van der Waals surface area contributed by atoms with E-state index < -0.39 is 0 Å². The van der Waals surface area contributed by atoms with Gasteiger partial charge in [0.15, 0.2) is 0 Å². The highest BCUT2D eigenvalue weighted by Gasteiger charge is 2.23. The maximum absolute atomic E-state index is 11.4. The van der Waals surface area contributed by atoms with E-state index >= 15 is 0 Å². The highest BCUT2D eigenvalue weighted by Crippen LogP contribution is 2.29. The molecule has 1 unspecified atom stereocenters. The van der Waals surface area contributed by atoms with Gasteiger partial charge in [0.2, 0.25) is 0 Å². The van der Waals surface area contributed by atoms with E-state index in [4.69, 9.17) is 10.5 Å². The van der Waals surface area contributed by atoms with Crippen molar-refractivity contribution in [2.45, 2.75) is 39.5 Å². The Morgan fingerprint density at radius 2 is 2.13 bits per heavy atom. The molecule has 0 aliphatic heterocycles. The molecule has 2 N–H and O–H groups in total. The normalized spacial score (nSPS) is 17.9. The lowest BCUT2D eigenvalue weighted by Crippen LogP contribution is -2.21. The zero-order chi connectivity index (χ0) is 11.3. The van der Waals surface area contributed by atoms with E-state index in [1.165, 1.54) is 12.8 Å². The molecule has 1 rings (SSSR count). The molecule has 88 valence electrons. The minimum atomic E-state index is -0.0713. The average Bonchev–Trinajstić information content (AvgIpc) is 2.96. The molecule has 0 aromatic carbocycles. The van der Waals surface area contributed by atoms with Crippen LogP contribution in [0.25, 0.3) is 0 Å². The average molecular weight is 213 g/mol. The molecule has 0 aromatic rings. The van der Waals surface area contributed by atoms with Crippen molar-refractivity contribution in [3.63, 3.8) is 0 Å². The third-order valence-electron chi connectivity index (χ3n) is 2.77. The largest absolute Gasteiger partial charge is 0.465 e. The summed E-state index contributed by atoms with van der Waals surface area (Å²) in [4.78, 5) is 11.4. The maximum Gasteiger partial charge on any atom is 0.306 e. The molecule has 0 amide bonds. The predicted octanol–water partition coefficient (Wildman–Crippen LogP) is 1.95. The summed E-state index contributed by atoms with van der Waals surface area (Å²) in [5.74, 6) is 1.46. The number of nitrogens with two attached hydrogens (primary N) is 1. The Bertz CT molecular complexity index is 200. The molecule has 0 saturated heterocycles. The maximum atomic E-state index is 11.4. The van der Waals surface area contributed by atoms with E-state index in [0.717, 1.165) is 6.42 Å². The van der Waals surface area contributed by atoms with Crippen molar-refractivity contribution in [3.8, 4) is 0 Å². The fourth-order valence-corrected chi connectivity index (χ4v) is 1.72. The molecule has 0 aromatic heterocycles. The van der Waals surface area contributed by atoms with E-state index in [-0.39, 0.29) is 11.9 Å². The van der Waals surface area contributed by atoms with Gasteiger partial charge in [0.1, 0.15) is 0 Å². The number of esters is 1. The first kappa shape index (κ1) is 12.5. The van der Waals surface area contributed by atoms with E-state index in [1.54, 1.807) is 0 Å². The van der Waals surface area contributed by atoms with E-state index in [1.807, 2.05) is 0 Å². The first-order chi connectivity index (χ1) is 7.11. The van der Waals surface area contributed by atoms with Gasteiger partial charge >= 0.3 is 5.97 Å². The van der Waals surface area contributed by atoms with E-state index in [2.05, 4.69) is 13.8 Å². The number of carbonyl (C=O) groups excluding carboxylic acids is 1. The summed E-state index contributed by atoms with van der Waals surface area (Å²) < 4.78 is 5.19. The van der Waals surface area contributed by atoms with Gasteiger partial charge in [0.25, 0.3) is 0 Å². The standard InChI is InChI=1S/C12H23NO2/c1-9(2)5-11(7-13)6-12(14)15-8-10-3-4-10/h9-11H,3-8,13H2,1-2H3. The highest BCUT2D eigenvalue weighted by atomic mass is 16.5. The van der Waals surface area contributed by atoms with Crippen LogP contribution in [0.4, 0.5) is 0 Å². The molecule has 1 atom stereocenters. The summed E-state index contributed by atoms with van der Waals surface area (Å²) in [7, 11) is 0. The first-order valence-corrected chi connectivity index (χ1v) is 5.97. The Morgan fingerprint density at radius 3 is 2.60 bits per heavy atom. The zero-order valence-corrected chi connectivity index (χ0v) is 9.87. The van der Waals surface area contributed by atoms with E-state index in [9.17, 15) is 4.79 Å². The molecule has 1 aliphatic carbocycles. The van der Waals surface area contributed by atoms with Crippen molar-refractivity contribution >= 4 is 5.97 Å². The summed E-state index contributed by atoms with van der Waals surface area (Å²) in [5, 5.41) is 0. The fourth-order valence-electron chi connectivity index (χ4n) is 1.72. The van der Waals surface area contributed by atoms with Crippen LogP contribution in [0.3, 0.4) is 0 Å². The van der Waals surface area contributed by atoms with Gasteiger partial charge in [0.05, 0.1) is 6.61 Å². The summed E-state index contributed by atoms with van der Waals surface area (Å²) in [6, 6.07) is 0. The van der Waals surface area contributed by atoms with Crippen LogP contribution in [0.15, 0.2) is 0 Å². The lowest BCUT2D eigenvalue weighted by atomic mass is 9.94. The molecule has 0 heterocycles. The molecule has 0 radical (unpaired) electrons. The van der Waals surface area contributed by atoms with Gasteiger partial charge in [-0.1, -0.05) is 13.8 Å². The van der Waals surface area contributed by atoms with Gasteiger partial charge in [-0.05, 0) is 43.6 Å². The predicted molar refractivity (Wildman–Crippen MR) is 60.3 cm³/mol. The summed E-state index contributed by atoms with van der Waals surface area (Å²) in [6.45, 7) is 5.50. The minimum absolute atomic E-state index is 0.0713. The second-order valence-electron chi connectivity index (χ2n) is 5.06. The number of ether oxygens (including phenoxy) is 1. The minimum Gasteiger partial charge on any atom is -0.465 e. The monoisotopic (exact) mass is 213 g/mol. The summed E-state index contributed by atoms with van der Waals surface area (Å²) in [5.41, 5.74) is 5.63. The molecule has 1 saturated carbocycles. The van der Waals surface area contributed by atoms with Gasteiger partial charge in [-0.25, -0.2) is 0 Å². The van der Waals surface area contributed by atoms with Gasteiger partial charge in [0, 0.05) is 6.42 Å². The van der Waals surface area contributed by atoms with Crippen LogP contribution in [0, 0.1) is 17.8 Å². The van der Waals surface area contributed by atoms with Crippen LogP contribution in [-0.2, 0) is 9.53 Å². The van der Waals surface area contributed by atoms with Crippen LogP contribution in [0.1, 0.15) is 39.5 Å². The molecule has 1 aliphatic rings. The number of hydrogen-bond acceptors (Lipinski definition) is 3. The number of rotatable bonds is 7. The Hall–Kier alpha value is -0.570. The van der Waals surface area contributed by atoms with Gasteiger partial charge in [-0.15, -0.1) is 0 Å². The number of carbonyl (C=O) groups is 1. The Balaban J connectivity index is 2.14. The summed E-state index contributed by atoms with van der Waals surface area (Å²) >= 11 is 0. The van der Waals surface area contributed by atoms with Crippen molar-refractivity contribution < 1.29 is 9.53 Å². The zero-order valence-electron chi connectivity index (χ0n) is 9.87. The SMILES string of the molecule is CC(C)CC(CN)CC(=O)OCC1CC1. The number of hydrogen-bond donors (Lipinski definition) is 1. The second kappa shape index (κ2) is 6.11. The highest BCUT2D eigenvalue weighted by molar-refractivity contribution is 5.69. The van der Waals surface area contributed by atoms with E-state index in [0.29, 0.717) is 31.4 Å². The molecule has 3 nitrogen and oxygen atoms in total. The Morgan fingerprint density at radius 1 is 1.47 bits per heavy atom. The van der Waals surface area contributed by atoms with Crippen LogP contribution < -0.4 is 5.73 Å². The lowest BCUT2D eigenvalue weighted by Gasteiger charge is -2.15. The second-order valence-corrected chi connectivity index (χ2v) is 5.06. The molecule has 0 spiro atoms. The Labute approximate surface area is 92.4 Å². The topological polar surface area (TPSA) is 52.3 Å². The van der Waals surface area contributed by atoms with Crippen molar-refractivity contribution in [2.24, 2.45) is 23.5 Å². The van der Waals surface area contributed by atoms with Crippen molar-refractivity contribution in [3.05, 3.63) is 0 Å². The van der Waals surface area contributed by atoms with Crippen molar-refractivity contribution in [1.82, 2.24) is 0 Å². The van der Waals surface area contributed by atoms with Crippen LogP contribution in [0.2, 0.25) is 0 Å². The van der Waals surface area contributed by atoms with Crippen molar-refractivity contribution in [1.29, 1.82) is 0 Å². The fraction of sp³-hybridized carbons (Fsp3) is 0.917. The third-order valence-corrected chi connectivity index (χ3v) is 2.77. The quantitative estimate of drug-likeness (QED) is 0.658. The lowest BCUT2D eigenvalue weighted by molar-refractivity contribution is -0.145. The van der Waals surface area contributed by atoms with Crippen LogP contribution in [-0.4, -0.2) is 19.1 Å². The molecular formula is C12H23NO2. The molecule has 15 heavy (non-hydrogen) atoms. The van der Waals surface area contributed by atoms with Gasteiger partial charge in [-0.2, -0.15) is 0 Å². The molecule has 0 bridgehead atoms. The van der Waals surface area contributed by atoms with Gasteiger partial charge in [-0.3, -0.25) is 4.79 Å². The van der Waals surface area contributed by atoms with Crippen LogP contribution >= 0.6 is 0 Å². The van der Waals surface area contributed by atoms with Crippen LogP contribution in [0.5, 0.6) is 0 Å². The third kappa shape index (κ3) is 5.78. The molecule has 1 fully saturated rings. The van der Waals surface area contributed by atoms with Gasteiger partial charge < -0.3 is 10.5 Å². The Kier molecular flexibility index (Phi) is 5.09.